The minimum absolute atomic E-state index is 0.110. The van der Waals surface area contributed by atoms with Gasteiger partial charge in [-0.1, -0.05) is 18.2 Å². The van der Waals surface area contributed by atoms with E-state index in [0.29, 0.717) is 24.5 Å². The fraction of sp³-hybridized carbons (Fsp3) is 0.350. The maximum Gasteiger partial charge on any atom is 0.420 e. The third kappa shape index (κ3) is 3.12. The summed E-state index contributed by atoms with van der Waals surface area (Å²) in [4.78, 5) is 14.1. The number of hydrogen-bond donors (Lipinski definition) is 1. The van der Waals surface area contributed by atoms with E-state index in [-0.39, 0.29) is 16.9 Å². The van der Waals surface area contributed by atoms with Crippen LogP contribution in [0.4, 0.5) is 23.7 Å². The van der Waals surface area contributed by atoms with Crippen molar-refractivity contribution in [1.29, 1.82) is 0 Å². The zero-order valence-corrected chi connectivity index (χ0v) is 15.8. The maximum absolute atomic E-state index is 14.4. The Hall–Kier alpha value is -2.90. The number of methoxy groups -OCH3 is 1. The van der Waals surface area contributed by atoms with Gasteiger partial charge in [0.1, 0.15) is 11.5 Å². The number of alkyl halides is 3. The van der Waals surface area contributed by atoms with Crippen molar-refractivity contribution in [3.8, 4) is 11.5 Å². The van der Waals surface area contributed by atoms with E-state index in [0.717, 1.165) is 0 Å². The molecule has 1 unspecified atom stereocenters. The van der Waals surface area contributed by atoms with Crippen molar-refractivity contribution in [1.82, 2.24) is 5.32 Å². The van der Waals surface area contributed by atoms with E-state index in [1.165, 1.54) is 43.5 Å². The van der Waals surface area contributed by atoms with Gasteiger partial charge in [0.2, 0.25) is 0 Å². The average Bonchev–Trinajstić information content (AvgIpc) is 2.67. The Bertz CT molecular complexity index is 864. The van der Waals surface area contributed by atoms with Gasteiger partial charge in [-0.15, -0.1) is 0 Å². The molecule has 5 nitrogen and oxygen atoms in total. The molecule has 0 aliphatic carbocycles. The zero-order chi connectivity index (χ0) is 20.5. The number of fused-ring (bicyclic) bond motifs is 1. The molecule has 0 radical (unpaired) electrons. The molecule has 0 saturated carbocycles. The Balaban J connectivity index is 2.23. The lowest BCUT2D eigenvalue weighted by atomic mass is 9.80. The summed E-state index contributed by atoms with van der Waals surface area (Å²) in [5.74, 6) is 0.304. The average molecular weight is 394 g/mol. The molecule has 1 heterocycles. The summed E-state index contributed by atoms with van der Waals surface area (Å²) >= 11 is 0. The van der Waals surface area contributed by atoms with Crippen LogP contribution in [-0.4, -0.2) is 32.5 Å². The molecular weight excluding hydrogens is 373 g/mol. The van der Waals surface area contributed by atoms with E-state index in [4.69, 9.17) is 9.47 Å². The second-order valence-corrected chi connectivity index (χ2v) is 6.34. The van der Waals surface area contributed by atoms with E-state index in [1.807, 2.05) is 24.1 Å². The molecular formula is C20H21F3N2O3. The number of rotatable bonds is 5. The Kier molecular flexibility index (Phi) is 5.14. The van der Waals surface area contributed by atoms with Gasteiger partial charge in [0.15, 0.2) is 5.54 Å². The van der Waals surface area contributed by atoms with Crippen molar-refractivity contribution in [2.45, 2.75) is 25.6 Å². The second-order valence-electron chi connectivity index (χ2n) is 6.34. The van der Waals surface area contributed by atoms with E-state index in [9.17, 15) is 18.0 Å². The molecule has 0 aromatic heterocycles. The highest BCUT2D eigenvalue weighted by molar-refractivity contribution is 5.78. The zero-order valence-electron chi connectivity index (χ0n) is 15.8. The Morgan fingerprint density at radius 2 is 1.75 bits per heavy atom. The predicted molar refractivity (Wildman–Crippen MR) is 99.0 cm³/mol. The SMILES string of the molecule is CCN(CC)c1ccc2c(c1)OC(=O)NC2(c1ccc(OC)cc1)C(F)(F)F. The topological polar surface area (TPSA) is 50.8 Å². The van der Waals surface area contributed by atoms with Gasteiger partial charge in [0.25, 0.3) is 0 Å². The van der Waals surface area contributed by atoms with Gasteiger partial charge in [-0.3, -0.25) is 5.32 Å². The lowest BCUT2D eigenvalue weighted by molar-refractivity contribution is -0.187. The third-order valence-corrected chi connectivity index (χ3v) is 4.94. The van der Waals surface area contributed by atoms with Crippen LogP contribution in [0.2, 0.25) is 0 Å². The van der Waals surface area contributed by atoms with Crippen LogP contribution in [0.15, 0.2) is 42.5 Å². The van der Waals surface area contributed by atoms with E-state index >= 15 is 0 Å². The fourth-order valence-electron chi connectivity index (χ4n) is 3.49. The number of benzene rings is 2. The summed E-state index contributed by atoms with van der Waals surface area (Å²) in [7, 11) is 1.43. The van der Waals surface area contributed by atoms with Crippen LogP contribution in [0.3, 0.4) is 0 Å². The van der Waals surface area contributed by atoms with Gasteiger partial charge in [0.05, 0.1) is 7.11 Å². The monoisotopic (exact) mass is 394 g/mol. The molecule has 0 spiro atoms. The highest BCUT2D eigenvalue weighted by atomic mass is 19.4. The summed E-state index contributed by atoms with van der Waals surface area (Å²) in [6.07, 6.45) is -5.95. The van der Waals surface area contributed by atoms with Crippen LogP contribution in [0.1, 0.15) is 25.0 Å². The molecule has 1 aliphatic rings. The van der Waals surface area contributed by atoms with Gasteiger partial charge >= 0.3 is 12.3 Å². The fourth-order valence-corrected chi connectivity index (χ4v) is 3.49. The minimum Gasteiger partial charge on any atom is -0.497 e. The lowest BCUT2D eigenvalue weighted by Crippen LogP contribution is -2.60. The molecule has 1 aliphatic heterocycles. The second kappa shape index (κ2) is 7.26. The number of amides is 1. The molecule has 0 bridgehead atoms. The van der Waals surface area contributed by atoms with Crippen molar-refractivity contribution in [3.63, 3.8) is 0 Å². The number of ether oxygens (including phenoxy) is 2. The summed E-state index contributed by atoms with van der Waals surface area (Å²) < 4.78 is 53.3. The summed E-state index contributed by atoms with van der Waals surface area (Å²) in [5, 5.41) is 2.02. The number of nitrogens with zero attached hydrogens (tertiary/aromatic N) is 1. The number of carbonyl (C=O) groups excluding carboxylic acids is 1. The quantitative estimate of drug-likeness (QED) is 0.814. The van der Waals surface area contributed by atoms with Crippen LogP contribution < -0.4 is 19.7 Å². The standard InChI is InChI=1S/C20H21F3N2O3/c1-4-25(5-2)14-8-11-16-17(12-14)28-18(26)24-19(16,20(21,22)23)13-6-9-15(27-3)10-7-13/h6-12H,4-5H2,1-3H3,(H,24,26). The van der Waals surface area contributed by atoms with Gasteiger partial charge in [-0.2, -0.15) is 13.2 Å². The maximum atomic E-state index is 14.4. The normalized spacial score (nSPS) is 18.7. The number of carbonyl (C=O) groups is 1. The van der Waals surface area contributed by atoms with Gasteiger partial charge < -0.3 is 14.4 Å². The highest BCUT2D eigenvalue weighted by Crippen LogP contribution is 2.50. The predicted octanol–water partition coefficient (Wildman–Crippen LogP) is 4.45. The number of hydrogen-bond acceptors (Lipinski definition) is 4. The first-order chi connectivity index (χ1) is 13.3. The first kappa shape index (κ1) is 19.9. The van der Waals surface area contributed by atoms with Crippen molar-refractivity contribution in [3.05, 3.63) is 53.6 Å². The van der Waals surface area contributed by atoms with Crippen molar-refractivity contribution < 1.29 is 27.4 Å². The number of anilines is 1. The first-order valence-electron chi connectivity index (χ1n) is 8.87. The number of nitrogens with one attached hydrogen (secondary N) is 1. The molecule has 1 amide bonds. The van der Waals surface area contributed by atoms with Crippen LogP contribution in [0.5, 0.6) is 11.5 Å². The lowest BCUT2D eigenvalue weighted by Gasteiger charge is -2.41. The van der Waals surface area contributed by atoms with E-state index < -0.39 is 17.8 Å². The summed E-state index contributed by atoms with van der Waals surface area (Å²) in [6, 6.07) is 9.88. The molecule has 2 aromatic rings. The molecule has 150 valence electrons. The summed E-state index contributed by atoms with van der Waals surface area (Å²) in [6.45, 7) is 5.22. The molecule has 8 heteroatoms. The van der Waals surface area contributed by atoms with Gasteiger partial charge in [-0.25, -0.2) is 4.79 Å². The molecule has 28 heavy (non-hydrogen) atoms. The Morgan fingerprint density at radius 1 is 1.11 bits per heavy atom. The molecule has 1 N–H and O–H groups in total. The third-order valence-electron chi connectivity index (χ3n) is 4.94. The Morgan fingerprint density at radius 3 is 2.29 bits per heavy atom. The van der Waals surface area contributed by atoms with E-state index in [2.05, 4.69) is 0 Å². The smallest absolute Gasteiger partial charge is 0.420 e. The van der Waals surface area contributed by atoms with Crippen molar-refractivity contribution in [2.75, 3.05) is 25.1 Å². The molecule has 1 atom stereocenters. The molecule has 2 aromatic carbocycles. The minimum atomic E-state index is -4.80. The summed E-state index contributed by atoms with van der Waals surface area (Å²) in [5.41, 5.74) is -2.33. The van der Waals surface area contributed by atoms with Gasteiger partial charge in [-0.05, 0) is 37.6 Å². The van der Waals surface area contributed by atoms with Crippen LogP contribution >= 0.6 is 0 Å². The highest BCUT2D eigenvalue weighted by Gasteiger charge is 2.61. The Labute approximate surface area is 161 Å². The van der Waals surface area contributed by atoms with Crippen molar-refractivity contribution in [2.24, 2.45) is 0 Å². The largest absolute Gasteiger partial charge is 0.497 e. The first-order valence-corrected chi connectivity index (χ1v) is 8.87. The van der Waals surface area contributed by atoms with Crippen LogP contribution in [0, 0.1) is 0 Å². The molecule has 0 saturated heterocycles. The number of halogens is 3. The van der Waals surface area contributed by atoms with Crippen LogP contribution in [-0.2, 0) is 5.54 Å². The van der Waals surface area contributed by atoms with Crippen LogP contribution in [0.25, 0.3) is 0 Å². The molecule has 3 rings (SSSR count). The van der Waals surface area contributed by atoms with E-state index in [1.54, 1.807) is 6.07 Å². The van der Waals surface area contributed by atoms with Gasteiger partial charge in [0, 0.05) is 30.4 Å². The van der Waals surface area contributed by atoms with Crippen molar-refractivity contribution >= 4 is 11.8 Å². The molecule has 0 fully saturated rings.